The van der Waals surface area contributed by atoms with Crippen molar-refractivity contribution in [3.05, 3.63) is 58.7 Å². The van der Waals surface area contributed by atoms with Gasteiger partial charge in [0, 0.05) is 11.1 Å². The van der Waals surface area contributed by atoms with Crippen molar-refractivity contribution in [3.8, 4) is 11.5 Å². The van der Waals surface area contributed by atoms with E-state index in [4.69, 9.17) is 47.6 Å². The summed E-state index contributed by atoms with van der Waals surface area (Å²) in [5, 5.41) is 34.0. The monoisotopic (exact) mass is 740 g/mol. The van der Waals surface area contributed by atoms with E-state index in [2.05, 4.69) is 119 Å². The van der Waals surface area contributed by atoms with Crippen molar-refractivity contribution in [2.45, 2.75) is 105 Å². The molecule has 0 bridgehead atoms. The van der Waals surface area contributed by atoms with Crippen LogP contribution in [0.5, 0.6) is 11.5 Å². The first-order chi connectivity index (χ1) is 23.0. The van der Waals surface area contributed by atoms with Crippen molar-refractivity contribution in [3.63, 3.8) is 0 Å². The standard InChI is InChI=1S/C33H50O6P2.C5H12O4/c1-29(2,3)23-13-15-27(25(17-23)31(7,8)9)38-40-34-19-33(20-35-40)21-36-41(37-22-33)39-28-16-14-24(30(4,5)6)18-26(28)32(10,11)12;6-1-5(2-7,3-8)4-9/h13-18H,19-22H2,1-12H3;6-9H,1-4H2. The average molecular weight is 741 g/mol. The van der Waals surface area contributed by atoms with Gasteiger partial charge in [-0.1, -0.05) is 107 Å². The number of aliphatic hydroxyl groups is 4. The van der Waals surface area contributed by atoms with Crippen LogP contribution in [0.25, 0.3) is 0 Å². The van der Waals surface area contributed by atoms with E-state index in [9.17, 15) is 0 Å². The molecule has 0 radical (unpaired) electrons. The predicted molar refractivity (Wildman–Crippen MR) is 200 cm³/mol. The van der Waals surface area contributed by atoms with Gasteiger partial charge in [0.05, 0.1) is 63.7 Å². The Hall–Kier alpha value is -1.42. The third kappa shape index (κ3) is 11.3. The van der Waals surface area contributed by atoms with E-state index in [-0.39, 0.29) is 27.1 Å². The summed E-state index contributed by atoms with van der Waals surface area (Å²) >= 11 is 0. The quantitative estimate of drug-likeness (QED) is 0.199. The summed E-state index contributed by atoms with van der Waals surface area (Å²) in [5.41, 5.74) is 3.33. The molecule has 2 aliphatic heterocycles. The molecule has 50 heavy (non-hydrogen) atoms. The second kappa shape index (κ2) is 16.7. The Morgan fingerprint density at radius 3 is 1.04 bits per heavy atom. The largest absolute Gasteiger partial charge is 0.426 e. The number of benzene rings is 2. The highest BCUT2D eigenvalue weighted by Gasteiger charge is 2.45. The maximum atomic E-state index is 8.50. The van der Waals surface area contributed by atoms with Gasteiger partial charge in [0.15, 0.2) is 0 Å². The van der Waals surface area contributed by atoms with E-state index in [1.54, 1.807) is 0 Å². The molecule has 2 aromatic carbocycles. The average Bonchev–Trinajstić information content (AvgIpc) is 3.03. The van der Waals surface area contributed by atoms with Crippen LogP contribution in [0.4, 0.5) is 0 Å². The van der Waals surface area contributed by atoms with Gasteiger partial charge in [-0.25, -0.2) is 0 Å². The molecule has 12 heteroatoms. The Morgan fingerprint density at radius 2 is 0.820 bits per heavy atom. The summed E-state index contributed by atoms with van der Waals surface area (Å²) in [5.74, 6) is 1.63. The van der Waals surface area contributed by atoms with Gasteiger partial charge < -0.3 is 47.6 Å². The molecule has 2 fully saturated rings. The molecule has 1 spiro atoms. The van der Waals surface area contributed by atoms with Crippen molar-refractivity contribution < 1.29 is 47.6 Å². The zero-order valence-electron chi connectivity index (χ0n) is 32.3. The summed E-state index contributed by atoms with van der Waals surface area (Å²) in [7, 11) is -3.04. The molecule has 0 aromatic heterocycles. The Labute approximate surface area is 302 Å². The van der Waals surface area contributed by atoms with Gasteiger partial charge in [-0.2, -0.15) is 0 Å². The second-order valence-corrected chi connectivity index (χ2v) is 20.1. The van der Waals surface area contributed by atoms with Gasteiger partial charge in [0.25, 0.3) is 0 Å². The normalized spacial score (nSPS) is 22.2. The molecule has 2 saturated heterocycles. The molecular weight excluding hydrogens is 678 g/mol. The highest BCUT2D eigenvalue weighted by Crippen LogP contribution is 2.54. The zero-order valence-corrected chi connectivity index (χ0v) is 34.0. The van der Waals surface area contributed by atoms with E-state index in [0.29, 0.717) is 26.4 Å². The Balaban J connectivity index is 0.000000661. The van der Waals surface area contributed by atoms with Crippen molar-refractivity contribution in [2.75, 3.05) is 52.9 Å². The lowest BCUT2D eigenvalue weighted by atomic mass is 9.80. The summed E-state index contributed by atoms with van der Waals surface area (Å²) in [4.78, 5) is 0. The van der Waals surface area contributed by atoms with Crippen LogP contribution in [-0.4, -0.2) is 73.3 Å². The minimum atomic E-state index is -1.52. The van der Waals surface area contributed by atoms with Crippen molar-refractivity contribution in [1.82, 2.24) is 0 Å². The van der Waals surface area contributed by atoms with Gasteiger partial charge in [-0.15, -0.1) is 0 Å². The molecule has 0 amide bonds. The maximum absolute atomic E-state index is 8.50. The molecule has 0 aliphatic carbocycles. The van der Waals surface area contributed by atoms with E-state index in [1.165, 1.54) is 11.1 Å². The van der Waals surface area contributed by atoms with E-state index < -0.39 is 49.0 Å². The van der Waals surface area contributed by atoms with Crippen LogP contribution in [-0.2, 0) is 39.8 Å². The molecule has 2 aromatic rings. The van der Waals surface area contributed by atoms with Crippen LogP contribution in [0.2, 0.25) is 0 Å². The van der Waals surface area contributed by atoms with E-state index in [1.807, 2.05) is 0 Å². The van der Waals surface area contributed by atoms with Crippen molar-refractivity contribution >= 4 is 17.2 Å². The summed E-state index contributed by atoms with van der Waals surface area (Å²) in [6.07, 6.45) is 0. The maximum Gasteiger partial charge on any atom is 0.397 e. The van der Waals surface area contributed by atoms with Gasteiger partial charge in [0.2, 0.25) is 0 Å². The summed E-state index contributed by atoms with van der Waals surface area (Å²) in [6.45, 7) is 26.7. The molecule has 4 N–H and O–H groups in total. The van der Waals surface area contributed by atoms with Gasteiger partial charge >= 0.3 is 17.2 Å². The zero-order chi connectivity index (χ0) is 37.8. The van der Waals surface area contributed by atoms with E-state index in [0.717, 1.165) is 22.6 Å². The second-order valence-electron chi connectivity index (χ2n) is 17.8. The first-order valence-electron chi connectivity index (χ1n) is 17.2. The van der Waals surface area contributed by atoms with Gasteiger partial charge in [-0.3, -0.25) is 0 Å². The number of rotatable bonds is 8. The molecule has 2 heterocycles. The fraction of sp³-hybridized carbons (Fsp3) is 0.684. The van der Waals surface area contributed by atoms with Crippen LogP contribution in [0.1, 0.15) is 105 Å². The lowest BCUT2D eigenvalue weighted by Crippen LogP contribution is -2.45. The Kier molecular flexibility index (Phi) is 14.4. The molecule has 10 nitrogen and oxygen atoms in total. The number of hydrogen-bond acceptors (Lipinski definition) is 10. The fourth-order valence-electron chi connectivity index (χ4n) is 4.97. The molecule has 2 aliphatic rings. The summed E-state index contributed by atoms with van der Waals surface area (Å²) in [6, 6.07) is 12.9. The van der Waals surface area contributed by atoms with E-state index >= 15 is 0 Å². The van der Waals surface area contributed by atoms with Crippen LogP contribution in [0.3, 0.4) is 0 Å². The highest BCUT2D eigenvalue weighted by atomic mass is 31.2. The van der Waals surface area contributed by atoms with Gasteiger partial charge in [-0.05, 0) is 44.9 Å². The SMILES string of the molecule is CC(C)(C)c1ccc(OP2OCC3(CO2)COP(Oc2ccc(C(C)(C)C)cc2C(C)(C)C)OC3)c(C(C)(C)C)c1.OCC(CO)(CO)CO. The molecule has 4 rings (SSSR count). The molecule has 284 valence electrons. The van der Waals surface area contributed by atoms with Crippen LogP contribution in [0, 0.1) is 10.8 Å². The van der Waals surface area contributed by atoms with Crippen LogP contribution >= 0.6 is 17.2 Å². The number of aliphatic hydroxyl groups excluding tert-OH is 4. The topological polar surface area (TPSA) is 136 Å². The van der Waals surface area contributed by atoms with Gasteiger partial charge in [0.1, 0.15) is 11.5 Å². The minimum absolute atomic E-state index is 0.0579. The highest BCUT2D eigenvalue weighted by molar-refractivity contribution is 7.42. The molecule has 0 saturated carbocycles. The smallest absolute Gasteiger partial charge is 0.397 e. The third-order valence-electron chi connectivity index (χ3n) is 8.90. The fourth-order valence-corrected chi connectivity index (χ4v) is 7.49. The van der Waals surface area contributed by atoms with Crippen molar-refractivity contribution in [1.29, 1.82) is 0 Å². The molecule has 0 unspecified atom stereocenters. The predicted octanol–water partition coefficient (Wildman–Crippen LogP) is 7.81. The lowest BCUT2D eigenvalue weighted by Gasteiger charge is -2.41. The molecule has 0 atom stereocenters. The van der Waals surface area contributed by atoms with Crippen molar-refractivity contribution in [2.24, 2.45) is 10.8 Å². The first-order valence-corrected chi connectivity index (χ1v) is 19.4. The summed E-state index contributed by atoms with van der Waals surface area (Å²) < 4.78 is 37.1. The lowest BCUT2D eigenvalue weighted by molar-refractivity contribution is -0.0673. The minimum Gasteiger partial charge on any atom is -0.426 e. The van der Waals surface area contributed by atoms with Crippen LogP contribution in [0.15, 0.2) is 36.4 Å². The van der Waals surface area contributed by atoms with Crippen LogP contribution < -0.4 is 9.05 Å². The first kappa shape index (κ1) is 43.0. The third-order valence-corrected chi connectivity index (χ3v) is 11.0. The Morgan fingerprint density at radius 1 is 0.520 bits per heavy atom. The number of hydrogen-bond donors (Lipinski definition) is 4. The molecular formula is C38H62O10P2. The Bertz CT molecular complexity index is 1250.